The van der Waals surface area contributed by atoms with Gasteiger partial charge in [0.2, 0.25) is 0 Å². The summed E-state index contributed by atoms with van der Waals surface area (Å²) in [6.45, 7) is 1.40. The highest BCUT2D eigenvalue weighted by Crippen LogP contribution is 2.28. The van der Waals surface area contributed by atoms with Gasteiger partial charge in [-0.1, -0.05) is 0 Å². The number of anilines is 1. The molecule has 0 radical (unpaired) electrons. The first-order valence-electron chi connectivity index (χ1n) is 7.94. The number of ether oxygens (including phenoxy) is 1. The Bertz CT molecular complexity index is 783. The molecule has 0 unspecified atom stereocenters. The molecule has 0 saturated carbocycles. The van der Waals surface area contributed by atoms with Crippen LogP contribution in [-0.4, -0.2) is 47.8 Å². The van der Waals surface area contributed by atoms with Gasteiger partial charge in [0.05, 0.1) is 6.26 Å². The molecule has 0 fully saturated rings. The van der Waals surface area contributed by atoms with Crippen molar-refractivity contribution >= 4 is 24.1 Å². The lowest BCUT2D eigenvalue weighted by molar-refractivity contribution is 0.111. The fraction of sp³-hybridized carbons (Fsp3) is 0.353. The van der Waals surface area contributed by atoms with Crippen molar-refractivity contribution in [3.8, 4) is 0 Å². The maximum Gasteiger partial charge on any atom is 0.320 e. The Balaban J connectivity index is 1.96. The van der Waals surface area contributed by atoms with Crippen LogP contribution in [-0.2, 0) is 22.5 Å². The number of pyridine rings is 1. The molecule has 0 aromatic carbocycles. The van der Waals surface area contributed by atoms with Gasteiger partial charge in [0.25, 0.3) is 0 Å². The molecular formula is C17H18N4O4. The third kappa shape index (κ3) is 3.39. The minimum absolute atomic E-state index is 0.129. The second-order valence-electron chi connectivity index (χ2n) is 5.84. The summed E-state index contributed by atoms with van der Waals surface area (Å²) >= 11 is 0. The smallest absolute Gasteiger partial charge is 0.320 e. The summed E-state index contributed by atoms with van der Waals surface area (Å²) in [6, 6.07) is 1.28. The van der Waals surface area contributed by atoms with Crippen LogP contribution < -0.4 is 10.6 Å². The average molecular weight is 342 g/mol. The molecule has 1 aromatic rings. The van der Waals surface area contributed by atoms with Gasteiger partial charge < -0.3 is 15.4 Å². The number of nitrogens with two attached hydrogens (primary N) is 1. The molecule has 25 heavy (non-hydrogen) atoms. The number of amides is 2. The zero-order chi connectivity index (χ0) is 17.8. The highest BCUT2D eigenvalue weighted by atomic mass is 16.5. The second kappa shape index (κ2) is 7.19. The molecule has 2 amide bonds. The minimum atomic E-state index is -0.584. The van der Waals surface area contributed by atoms with E-state index in [0.717, 1.165) is 18.4 Å². The van der Waals surface area contributed by atoms with Crippen LogP contribution in [0.15, 0.2) is 24.1 Å². The van der Waals surface area contributed by atoms with Crippen LogP contribution in [0.4, 0.5) is 10.6 Å². The van der Waals surface area contributed by atoms with Crippen molar-refractivity contribution in [2.24, 2.45) is 5.73 Å². The molecule has 3 rings (SSSR count). The SMILES string of the molecule is NC(=O)N1CCCc2cc(CN3CC=COCC3=C=O)c(C=O)nc21. The van der Waals surface area contributed by atoms with E-state index in [1.165, 1.54) is 11.2 Å². The minimum Gasteiger partial charge on any atom is -0.494 e. The number of aldehydes is 1. The second-order valence-corrected chi connectivity index (χ2v) is 5.84. The van der Waals surface area contributed by atoms with E-state index in [9.17, 15) is 14.4 Å². The van der Waals surface area contributed by atoms with Crippen molar-refractivity contribution in [2.45, 2.75) is 19.4 Å². The maximum absolute atomic E-state index is 11.6. The summed E-state index contributed by atoms with van der Waals surface area (Å²) in [5.74, 6) is 2.33. The van der Waals surface area contributed by atoms with Gasteiger partial charge in [-0.3, -0.25) is 9.69 Å². The Morgan fingerprint density at radius 2 is 2.32 bits per heavy atom. The van der Waals surface area contributed by atoms with E-state index in [0.29, 0.717) is 43.0 Å². The molecule has 0 atom stereocenters. The Kier molecular flexibility index (Phi) is 4.81. The predicted octanol–water partition coefficient (Wildman–Crippen LogP) is 0.787. The van der Waals surface area contributed by atoms with Crippen molar-refractivity contribution in [1.29, 1.82) is 0 Å². The van der Waals surface area contributed by atoms with Gasteiger partial charge >= 0.3 is 6.03 Å². The number of rotatable bonds is 3. The normalized spacial score (nSPS) is 16.6. The van der Waals surface area contributed by atoms with Crippen LogP contribution >= 0.6 is 0 Å². The summed E-state index contributed by atoms with van der Waals surface area (Å²) in [5, 5.41) is 0. The van der Waals surface area contributed by atoms with E-state index in [2.05, 4.69) is 4.98 Å². The fourth-order valence-electron chi connectivity index (χ4n) is 3.03. The lowest BCUT2D eigenvalue weighted by Gasteiger charge is -2.28. The third-order valence-corrected chi connectivity index (χ3v) is 4.25. The van der Waals surface area contributed by atoms with Gasteiger partial charge in [0, 0.05) is 25.2 Å². The molecule has 2 aliphatic heterocycles. The van der Waals surface area contributed by atoms with Crippen LogP contribution in [0.3, 0.4) is 0 Å². The molecule has 0 spiro atoms. The Labute approximate surface area is 144 Å². The summed E-state index contributed by atoms with van der Waals surface area (Å²) < 4.78 is 5.19. The van der Waals surface area contributed by atoms with E-state index in [1.807, 2.05) is 12.0 Å². The van der Waals surface area contributed by atoms with Gasteiger partial charge in [-0.25, -0.2) is 14.6 Å². The van der Waals surface area contributed by atoms with Gasteiger partial charge in [0.1, 0.15) is 29.8 Å². The zero-order valence-electron chi connectivity index (χ0n) is 13.6. The largest absolute Gasteiger partial charge is 0.494 e. The molecule has 2 aliphatic rings. The lowest BCUT2D eigenvalue weighted by Crippen LogP contribution is -2.40. The van der Waals surface area contributed by atoms with Gasteiger partial charge in [-0.2, -0.15) is 0 Å². The van der Waals surface area contributed by atoms with Crippen molar-refractivity contribution < 1.29 is 19.1 Å². The fourth-order valence-corrected chi connectivity index (χ4v) is 3.03. The van der Waals surface area contributed by atoms with Crippen LogP contribution in [0.1, 0.15) is 28.0 Å². The third-order valence-electron chi connectivity index (χ3n) is 4.25. The molecule has 2 N–H and O–H groups in total. The van der Waals surface area contributed by atoms with E-state index >= 15 is 0 Å². The maximum atomic E-state index is 11.6. The molecule has 0 bridgehead atoms. The number of carbonyl (C=O) groups excluding carboxylic acids is 3. The van der Waals surface area contributed by atoms with Gasteiger partial charge in [0.15, 0.2) is 6.29 Å². The zero-order valence-corrected chi connectivity index (χ0v) is 13.6. The summed E-state index contributed by atoms with van der Waals surface area (Å²) in [4.78, 5) is 41.8. The number of fused-ring (bicyclic) bond motifs is 1. The number of primary amides is 1. The quantitative estimate of drug-likeness (QED) is 0.643. The first-order valence-corrected chi connectivity index (χ1v) is 7.94. The van der Waals surface area contributed by atoms with E-state index in [-0.39, 0.29) is 12.3 Å². The molecule has 3 heterocycles. The van der Waals surface area contributed by atoms with Crippen molar-refractivity contribution in [2.75, 3.05) is 24.6 Å². The number of aryl methyl sites for hydroxylation is 1. The van der Waals surface area contributed by atoms with Crippen molar-refractivity contribution in [3.05, 3.63) is 40.9 Å². The van der Waals surface area contributed by atoms with E-state index in [4.69, 9.17) is 10.5 Å². The monoisotopic (exact) mass is 342 g/mol. The van der Waals surface area contributed by atoms with Crippen molar-refractivity contribution in [1.82, 2.24) is 9.88 Å². The number of hydrogen-bond donors (Lipinski definition) is 1. The van der Waals surface area contributed by atoms with Crippen LogP contribution in [0.25, 0.3) is 0 Å². The molecule has 0 aliphatic carbocycles. The van der Waals surface area contributed by atoms with Crippen LogP contribution in [0.2, 0.25) is 0 Å². The molecule has 8 nitrogen and oxygen atoms in total. The summed E-state index contributed by atoms with van der Waals surface area (Å²) in [6.07, 6.45) is 5.49. The molecule has 0 saturated heterocycles. The van der Waals surface area contributed by atoms with Crippen molar-refractivity contribution in [3.63, 3.8) is 0 Å². The predicted molar refractivity (Wildman–Crippen MR) is 89.6 cm³/mol. The summed E-state index contributed by atoms with van der Waals surface area (Å²) in [7, 11) is 0. The van der Waals surface area contributed by atoms with Crippen LogP contribution in [0.5, 0.6) is 0 Å². The summed E-state index contributed by atoms with van der Waals surface area (Å²) in [5.41, 5.74) is 7.55. The number of hydrogen-bond acceptors (Lipinski definition) is 6. The highest BCUT2D eigenvalue weighted by Gasteiger charge is 2.25. The molecule has 130 valence electrons. The topological polar surface area (TPSA) is 106 Å². The number of carbonyl (C=O) groups is 2. The number of urea groups is 1. The standard InChI is InChI=1S/C17H18N4O4/c18-17(24)21-5-1-3-12-7-13(15(10-23)19-16(12)21)8-20-4-2-6-25-11-14(20)9-22/h2,6-7,10H,1,3-5,8,11H2,(H2,18,24). The highest BCUT2D eigenvalue weighted by molar-refractivity contribution is 5.91. The first kappa shape index (κ1) is 16.7. The molecule has 8 heteroatoms. The Morgan fingerprint density at radius 1 is 1.48 bits per heavy atom. The average Bonchev–Trinajstić information content (AvgIpc) is 2.85. The van der Waals surface area contributed by atoms with Gasteiger partial charge in [-0.15, -0.1) is 0 Å². The Morgan fingerprint density at radius 3 is 3.04 bits per heavy atom. The molecular weight excluding hydrogens is 324 g/mol. The van der Waals surface area contributed by atoms with Crippen LogP contribution in [0, 0.1) is 0 Å². The van der Waals surface area contributed by atoms with E-state index < -0.39 is 6.03 Å². The molecule has 1 aromatic heterocycles. The lowest BCUT2D eigenvalue weighted by atomic mass is 10.0. The Hall–Kier alpha value is -3.12. The first-order chi connectivity index (χ1) is 12.1. The number of nitrogens with zero attached hydrogens (tertiary/aromatic N) is 3. The van der Waals surface area contributed by atoms with E-state index in [1.54, 1.807) is 11.0 Å². The number of aromatic nitrogens is 1. The van der Waals surface area contributed by atoms with Gasteiger partial charge in [-0.05, 0) is 30.5 Å².